The van der Waals surface area contributed by atoms with Crippen LogP contribution in [0.3, 0.4) is 0 Å². The fourth-order valence-electron chi connectivity index (χ4n) is 3.81. The number of hydrogen-bond acceptors (Lipinski definition) is 6. The van der Waals surface area contributed by atoms with Crippen LogP contribution in [-0.2, 0) is 36.9 Å². The lowest BCUT2D eigenvalue weighted by Crippen LogP contribution is -2.46. The largest absolute Gasteiger partial charge is 0.480 e. The van der Waals surface area contributed by atoms with E-state index in [2.05, 4.69) is 5.32 Å². The summed E-state index contributed by atoms with van der Waals surface area (Å²) < 4.78 is 10.6. The van der Waals surface area contributed by atoms with Gasteiger partial charge in [-0.05, 0) is 44.4 Å². The highest BCUT2D eigenvalue weighted by Gasteiger charge is 2.38. The molecule has 2 N–H and O–H groups in total. The molecule has 1 heterocycles. The van der Waals surface area contributed by atoms with Gasteiger partial charge >= 0.3 is 18.0 Å². The van der Waals surface area contributed by atoms with Crippen molar-refractivity contribution in [2.45, 2.75) is 64.3 Å². The quantitative estimate of drug-likeness (QED) is 0.553. The number of ether oxygens (including phenoxy) is 2. The number of rotatable bonds is 8. The lowest BCUT2D eigenvalue weighted by Gasteiger charge is -2.25. The number of carboxylic acid groups (broad SMARTS) is 1. The van der Waals surface area contributed by atoms with Gasteiger partial charge in [0.1, 0.15) is 24.3 Å². The van der Waals surface area contributed by atoms with Crippen molar-refractivity contribution in [3.63, 3.8) is 0 Å². The van der Waals surface area contributed by atoms with Crippen molar-refractivity contribution in [3.05, 3.63) is 65.7 Å². The topological polar surface area (TPSA) is 122 Å². The van der Waals surface area contributed by atoms with Crippen LogP contribution in [-0.4, -0.2) is 46.7 Å². The molecule has 0 bridgehead atoms. The van der Waals surface area contributed by atoms with E-state index in [1.807, 2.05) is 18.2 Å². The molecule has 1 aliphatic rings. The van der Waals surface area contributed by atoms with Gasteiger partial charge in [0.15, 0.2) is 0 Å². The molecule has 0 spiro atoms. The van der Waals surface area contributed by atoms with Gasteiger partial charge in [-0.1, -0.05) is 48.5 Å². The second kappa shape index (κ2) is 11.0. The Labute approximate surface area is 204 Å². The number of amides is 2. The Hall–Kier alpha value is -3.88. The van der Waals surface area contributed by atoms with Crippen molar-refractivity contribution in [1.82, 2.24) is 5.32 Å². The first kappa shape index (κ1) is 25.7. The predicted molar refractivity (Wildman–Crippen MR) is 128 cm³/mol. The van der Waals surface area contributed by atoms with E-state index in [0.29, 0.717) is 5.69 Å². The zero-order chi connectivity index (χ0) is 25.6. The fourth-order valence-corrected chi connectivity index (χ4v) is 3.81. The summed E-state index contributed by atoms with van der Waals surface area (Å²) in [6, 6.07) is 13.9. The average Bonchev–Trinajstić information content (AvgIpc) is 3.19. The Balaban J connectivity index is 1.71. The normalized spacial score (nSPS) is 15.6. The number of para-hydroxylation sites is 1. The number of nitrogens with zero attached hydrogens (tertiary/aromatic N) is 1. The van der Waals surface area contributed by atoms with Crippen LogP contribution in [0.2, 0.25) is 0 Å². The van der Waals surface area contributed by atoms with Crippen LogP contribution < -0.4 is 10.2 Å². The fraction of sp³-hybridized carbons (Fsp3) is 0.385. The van der Waals surface area contributed by atoms with Crippen LogP contribution >= 0.6 is 0 Å². The van der Waals surface area contributed by atoms with Crippen molar-refractivity contribution in [2.24, 2.45) is 0 Å². The highest BCUT2D eigenvalue weighted by Crippen LogP contribution is 2.33. The summed E-state index contributed by atoms with van der Waals surface area (Å²) in [5, 5.41) is 12.1. The number of carbonyl (C=O) groups excluding carboxylic acids is 3. The Kier molecular flexibility index (Phi) is 8.11. The Morgan fingerprint density at radius 1 is 1.06 bits per heavy atom. The number of carbonyl (C=O) groups is 4. The Morgan fingerprint density at radius 2 is 1.71 bits per heavy atom. The summed E-state index contributed by atoms with van der Waals surface area (Å²) in [5.74, 6) is -2.29. The van der Waals surface area contributed by atoms with Crippen LogP contribution in [0.5, 0.6) is 0 Å². The molecule has 0 aliphatic carbocycles. The highest BCUT2D eigenvalue weighted by molar-refractivity contribution is 6.02. The molecule has 2 amide bonds. The highest BCUT2D eigenvalue weighted by atomic mass is 16.6. The number of hydrogen-bond donors (Lipinski definition) is 2. The maximum absolute atomic E-state index is 13.1. The number of alkyl carbamates (subject to hydrolysis) is 1. The Bertz CT molecular complexity index is 1080. The maximum Gasteiger partial charge on any atom is 0.408 e. The van der Waals surface area contributed by atoms with E-state index in [9.17, 15) is 24.3 Å². The first-order valence-electron chi connectivity index (χ1n) is 11.4. The third kappa shape index (κ3) is 7.05. The number of aliphatic carboxylic acids is 1. The second-order valence-electron chi connectivity index (χ2n) is 9.28. The van der Waals surface area contributed by atoms with E-state index in [-0.39, 0.29) is 25.9 Å². The summed E-state index contributed by atoms with van der Waals surface area (Å²) in [6.45, 7) is 5.07. The third-order valence-electron chi connectivity index (χ3n) is 5.38. The molecule has 3 rings (SSSR count). The van der Waals surface area contributed by atoms with E-state index >= 15 is 0 Å². The van der Waals surface area contributed by atoms with E-state index in [1.165, 1.54) is 4.90 Å². The Morgan fingerprint density at radius 3 is 2.37 bits per heavy atom. The molecule has 9 nitrogen and oxygen atoms in total. The molecular formula is C26H30N2O7. The molecule has 0 saturated carbocycles. The van der Waals surface area contributed by atoms with E-state index in [1.54, 1.807) is 57.2 Å². The van der Waals surface area contributed by atoms with Gasteiger partial charge in [0.2, 0.25) is 5.91 Å². The predicted octanol–water partition coefficient (Wildman–Crippen LogP) is 3.45. The van der Waals surface area contributed by atoms with Gasteiger partial charge in [0.05, 0.1) is 0 Å². The summed E-state index contributed by atoms with van der Waals surface area (Å²) in [7, 11) is 0. The lowest BCUT2D eigenvalue weighted by molar-refractivity contribution is -0.148. The summed E-state index contributed by atoms with van der Waals surface area (Å²) >= 11 is 0. The molecule has 2 atom stereocenters. The van der Waals surface area contributed by atoms with Gasteiger partial charge in [0.25, 0.3) is 0 Å². The zero-order valence-electron chi connectivity index (χ0n) is 20.0. The molecule has 9 heteroatoms. The van der Waals surface area contributed by atoms with Crippen LogP contribution in [0.15, 0.2) is 54.6 Å². The molecule has 1 aliphatic heterocycles. The van der Waals surface area contributed by atoms with Crippen molar-refractivity contribution in [2.75, 3.05) is 4.90 Å². The smallest absolute Gasteiger partial charge is 0.408 e. The zero-order valence-corrected chi connectivity index (χ0v) is 20.0. The number of carboxylic acids is 1. The summed E-state index contributed by atoms with van der Waals surface area (Å²) in [6.07, 6.45) is -0.882. The minimum atomic E-state index is -1.15. The molecule has 0 unspecified atom stereocenters. The average molecular weight is 483 g/mol. The molecule has 0 aromatic heterocycles. The molecule has 0 saturated heterocycles. The van der Waals surface area contributed by atoms with Crippen molar-refractivity contribution >= 4 is 29.6 Å². The van der Waals surface area contributed by atoms with Gasteiger partial charge in [0, 0.05) is 18.5 Å². The SMILES string of the molecule is CC(C)(C)OC(=O)N[C@H](CCC(=O)N1c2ccccc2C[C@H]1C(=O)O)C(=O)OCc1ccccc1. The van der Waals surface area contributed by atoms with Gasteiger partial charge in [-0.15, -0.1) is 0 Å². The number of fused-ring (bicyclic) bond motifs is 1. The van der Waals surface area contributed by atoms with Gasteiger partial charge < -0.3 is 19.9 Å². The number of anilines is 1. The van der Waals surface area contributed by atoms with Crippen LogP contribution in [0.25, 0.3) is 0 Å². The molecule has 35 heavy (non-hydrogen) atoms. The van der Waals surface area contributed by atoms with Gasteiger partial charge in [-0.25, -0.2) is 14.4 Å². The van der Waals surface area contributed by atoms with Crippen LogP contribution in [0.4, 0.5) is 10.5 Å². The molecular weight excluding hydrogens is 452 g/mol. The van der Waals surface area contributed by atoms with Crippen LogP contribution in [0.1, 0.15) is 44.7 Å². The first-order valence-corrected chi connectivity index (χ1v) is 11.4. The van der Waals surface area contributed by atoms with Gasteiger partial charge in [-0.2, -0.15) is 0 Å². The monoisotopic (exact) mass is 482 g/mol. The molecule has 0 fully saturated rings. The van der Waals surface area contributed by atoms with Crippen LogP contribution in [0, 0.1) is 0 Å². The van der Waals surface area contributed by atoms with E-state index in [4.69, 9.17) is 9.47 Å². The number of nitrogens with one attached hydrogen (secondary N) is 1. The second-order valence-corrected chi connectivity index (χ2v) is 9.28. The number of esters is 1. The minimum Gasteiger partial charge on any atom is -0.480 e. The molecule has 2 aromatic carbocycles. The van der Waals surface area contributed by atoms with Crippen molar-refractivity contribution < 1.29 is 33.8 Å². The molecule has 0 radical (unpaired) electrons. The molecule has 186 valence electrons. The standard InChI is InChI=1S/C26H30N2O7/c1-26(2,3)35-25(33)27-19(24(32)34-16-17-9-5-4-6-10-17)13-14-22(29)28-20-12-8-7-11-18(20)15-21(28)23(30)31/h4-12,19,21H,13-16H2,1-3H3,(H,27,33)(H,30,31)/t19-,21+/m1/s1. The summed E-state index contributed by atoms with van der Waals surface area (Å²) in [4.78, 5) is 51.3. The minimum absolute atomic E-state index is 0.000701. The molecule has 2 aromatic rings. The van der Waals surface area contributed by atoms with Crippen molar-refractivity contribution in [1.29, 1.82) is 0 Å². The first-order chi connectivity index (χ1) is 16.5. The summed E-state index contributed by atoms with van der Waals surface area (Å²) in [5.41, 5.74) is 1.28. The van der Waals surface area contributed by atoms with Crippen molar-refractivity contribution in [3.8, 4) is 0 Å². The maximum atomic E-state index is 13.1. The number of benzene rings is 2. The lowest BCUT2D eigenvalue weighted by atomic mass is 10.1. The van der Waals surface area contributed by atoms with E-state index in [0.717, 1.165) is 11.1 Å². The third-order valence-corrected chi connectivity index (χ3v) is 5.38. The van der Waals surface area contributed by atoms with Gasteiger partial charge in [-0.3, -0.25) is 9.69 Å². The van der Waals surface area contributed by atoms with E-state index < -0.39 is 41.6 Å².